The zero-order chi connectivity index (χ0) is 15.7. The molecule has 110 valence electrons. The van der Waals surface area contributed by atoms with Crippen molar-refractivity contribution in [3.05, 3.63) is 69.7 Å². The molecule has 6 heteroatoms. The van der Waals surface area contributed by atoms with Crippen molar-refractivity contribution in [2.24, 2.45) is 0 Å². The summed E-state index contributed by atoms with van der Waals surface area (Å²) in [7, 11) is 0. The van der Waals surface area contributed by atoms with Crippen LogP contribution in [0, 0.1) is 0 Å². The molecule has 0 atom stereocenters. The highest BCUT2D eigenvalue weighted by Gasteiger charge is 2.36. The lowest BCUT2D eigenvalue weighted by atomic mass is 10.1. The molecule has 0 saturated heterocycles. The number of imide groups is 1. The fraction of sp³-hybridized carbons (Fsp3) is 0.0625. The number of carbonyl (C=O) groups excluding carboxylic acids is 3. The topological polar surface area (TPSA) is 66.5 Å². The molecule has 5 nitrogen and oxygen atoms in total. The molecule has 0 saturated carbocycles. The number of hydrogen-bond donors (Lipinski definition) is 1. The van der Waals surface area contributed by atoms with Crippen LogP contribution in [0.25, 0.3) is 0 Å². The van der Waals surface area contributed by atoms with Gasteiger partial charge in [0.2, 0.25) is 5.91 Å². The van der Waals surface area contributed by atoms with E-state index in [2.05, 4.69) is 21.4 Å². The van der Waals surface area contributed by atoms with Gasteiger partial charge in [-0.05, 0) is 29.8 Å². The molecule has 3 amide bonds. The Bertz CT molecular complexity index is 736. The minimum absolute atomic E-state index is 0.0840. The first-order valence-corrected chi connectivity index (χ1v) is 7.37. The first-order valence-electron chi connectivity index (χ1n) is 6.58. The Kier molecular flexibility index (Phi) is 3.77. The Morgan fingerprint density at radius 3 is 2.05 bits per heavy atom. The fourth-order valence-electron chi connectivity index (χ4n) is 2.24. The van der Waals surface area contributed by atoms with Gasteiger partial charge < -0.3 is 0 Å². The fourth-order valence-corrected chi connectivity index (χ4v) is 2.51. The lowest BCUT2D eigenvalue weighted by molar-refractivity contribution is -0.123. The number of hydrazine groups is 1. The number of amides is 3. The van der Waals surface area contributed by atoms with Crippen LogP contribution in [0.2, 0.25) is 0 Å². The molecule has 1 aliphatic rings. The molecule has 1 aliphatic heterocycles. The van der Waals surface area contributed by atoms with Crippen molar-refractivity contribution in [3.63, 3.8) is 0 Å². The SMILES string of the molecule is O=C(Cc1ccc(Br)cc1)NN1C(=O)c2ccccc2C1=O. The Morgan fingerprint density at radius 1 is 0.955 bits per heavy atom. The average molecular weight is 359 g/mol. The Hall–Kier alpha value is -2.47. The molecular weight excluding hydrogens is 348 g/mol. The zero-order valence-electron chi connectivity index (χ0n) is 11.4. The number of rotatable bonds is 3. The van der Waals surface area contributed by atoms with Crippen molar-refractivity contribution in [1.29, 1.82) is 0 Å². The molecule has 22 heavy (non-hydrogen) atoms. The maximum absolute atomic E-state index is 12.1. The molecule has 1 N–H and O–H groups in total. The monoisotopic (exact) mass is 358 g/mol. The van der Waals surface area contributed by atoms with E-state index < -0.39 is 17.7 Å². The van der Waals surface area contributed by atoms with E-state index in [1.807, 2.05) is 12.1 Å². The van der Waals surface area contributed by atoms with Crippen LogP contribution in [-0.2, 0) is 11.2 Å². The number of hydrogen-bond acceptors (Lipinski definition) is 3. The summed E-state index contributed by atoms with van der Waals surface area (Å²) in [5.41, 5.74) is 3.77. The summed E-state index contributed by atoms with van der Waals surface area (Å²) >= 11 is 3.32. The third-order valence-corrected chi connectivity index (χ3v) is 3.84. The predicted octanol–water partition coefficient (Wildman–Crippen LogP) is 2.32. The van der Waals surface area contributed by atoms with E-state index in [0.29, 0.717) is 11.1 Å². The van der Waals surface area contributed by atoms with Gasteiger partial charge in [-0.25, -0.2) is 0 Å². The molecule has 2 aromatic rings. The predicted molar refractivity (Wildman–Crippen MR) is 82.9 cm³/mol. The van der Waals surface area contributed by atoms with E-state index in [4.69, 9.17) is 0 Å². The first-order chi connectivity index (χ1) is 10.6. The summed E-state index contributed by atoms with van der Waals surface area (Å²) in [6.07, 6.45) is 0.0840. The number of nitrogens with zero attached hydrogens (tertiary/aromatic N) is 1. The number of nitrogens with one attached hydrogen (secondary N) is 1. The zero-order valence-corrected chi connectivity index (χ0v) is 13.0. The van der Waals surface area contributed by atoms with Crippen LogP contribution in [-0.4, -0.2) is 22.7 Å². The van der Waals surface area contributed by atoms with Gasteiger partial charge in [-0.3, -0.25) is 19.8 Å². The van der Waals surface area contributed by atoms with E-state index in [-0.39, 0.29) is 6.42 Å². The second-order valence-corrected chi connectivity index (χ2v) is 5.75. The molecule has 0 aromatic heterocycles. The summed E-state index contributed by atoms with van der Waals surface area (Å²) < 4.78 is 0.914. The Balaban J connectivity index is 1.71. The molecule has 0 fully saturated rings. The normalized spacial score (nSPS) is 13.2. The summed E-state index contributed by atoms with van der Waals surface area (Å²) in [5, 5.41) is 0.770. The van der Waals surface area contributed by atoms with Crippen LogP contribution >= 0.6 is 15.9 Å². The van der Waals surface area contributed by atoms with Crippen LogP contribution in [0.15, 0.2) is 53.0 Å². The van der Waals surface area contributed by atoms with E-state index in [1.165, 1.54) is 0 Å². The van der Waals surface area contributed by atoms with Gasteiger partial charge in [0.1, 0.15) is 0 Å². The number of halogens is 1. The van der Waals surface area contributed by atoms with Crippen molar-refractivity contribution in [2.45, 2.75) is 6.42 Å². The minimum atomic E-state index is -0.509. The standard InChI is InChI=1S/C16H11BrN2O3/c17-11-7-5-10(6-8-11)9-14(20)18-19-15(21)12-3-1-2-4-13(12)16(19)22/h1-8H,9H2,(H,18,20). The van der Waals surface area contributed by atoms with Gasteiger partial charge in [0.05, 0.1) is 17.5 Å². The third-order valence-electron chi connectivity index (χ3n) is 3.31. The minimum Gasteiger partial charge on any atom is -0.273 e. The highest BCUT2D eigenvalue weighted by molar-refractivity contribution is 9.10. The molecule has 0 bridgehead atoms. The van der Waals surface area contributed by atoms with E-state index >= 15 is 0 Å². The average Bonchev–Trinajstić information content (AvgIpc) is 2.75. The van der Waals surface area contributed by atoms with Crippen LogP contribution in [0.3, 0.4) is 0 Å². The smallest absolute Gasteiger partial charge is 0.273 e. The maximum Gasteiger partial charge on any atom is 0.280 e. The lowest BCUT2D eigenvalue weighted by Gasteiger charge is -2.15. The molecule has 0 radical (unpaired) electrons. The molecule has 0 unspecified atom stereocenters. The van der Waals surface area contributed by atoms with Crippen LogP contribution in [0.4, 0.5) is 0 Å². The summed E-state index contributed by atoms with van der Waals surface area (Å²) in [6.45, 7) is 0. The first kappa shape index (κ1) is 14.5. The largest absolute Gasteiger partial charge is 0.280 e. The van der Waals surface area contributed by atoms with E-state index in [9.17, 15) is 14.4 Å². The number of carbonyl (C=O) groups is 3. The van der Waals surface area contributed by atoms with Crippen molar-refractivity contribution >= 4 is 33.7 Å². The molecule has 3 rings (SSSR count). The van der Waals surface area contributed by atoms with Crippen molar-refractivity contribution in [3.8, 4) is 0 Å². The quantitative estimate of drug-likeness (QED) is 0.856. The van der Waals surface area contributed by atoms with Crippen molar-refractivity contribution < 1.29 is 14.4 Å². The van der Waals surface area contributed by atoms with Gasteiger partial charge >= 0.3 is 0 Å². The molecule has 2 aromatic carbocycles. The van der Waals surface area contributed by atoms with Gasteiger partial charge in [-0.15, -0.1) is 0 Å². The summed E-state index contributed by atoms with van der Waals surface area (Å²) in [5.74, 6) is -1.44. The van der Waals surface area contributed by atoms with Crippen LogP contribution in [0.5, 0.6) is 0 Å². The second kappa shape index (κ2) is 5.73. The van der Waals surface area contributed by atoms with Gasteiger partial charge in [0, 0.05) is 4.47 Å². The van der Waals surface area contributed by atoms with Crippen molar-refractivity contribution in [2.75, 3.05) is 0 Å². The third kappa shape index (κ3) is 2.65. The number of fused-ring (bicyclic) bond motifs is 1. The van der Waals surface area contributed by atoms with Gasteiger partial charge in [0.25, 0.3) is 11.8 Å². The molecule has 1 heterocycles. The van der Waals surface area contributed by atoms with Gasteiger partial charge in [0.15, 0.2) is 0 Å². The Labute approximate surface area is 135 Å². The Morgan fingerprint density at radius 2 is 1.50 bits per heavy atom. The van der Waals surface area contributed by atoms with E-state index in [0.717, 1.165) is 15.0 Å². The maximum atomic E-state index is 12.1. The second-order valence-electron chi connectivity index (χ2n) is 4.83. The number of benzene rings is 2. The van der Waals surface area contributed by atoms with Crippen LogP contribution < -0.4 is 5.43 Å². The molecule has 0 spiro atoms. The summed E-state index contributed by atoms with van der Waals surface area (Å²) in [4.78, 5) is 36.3. The van der Waals surface area contributed by atoms with E-state index in [1.54, 1.807) is 36.4 Å². The van der Waals surface area contributed by atoms with Gasteiger partial charge in [-0.1, -0.05) is 40.2 Å². The van der Waals surface area contributed by atoms with Crippen LogP contribution in [0.1, 0.15) is 26.3 Å². The highest BCUT2D eigenvalue weighted by Crippen LogP contribution is 2.20. The van der Waals surface area contributed by atoms with Crippen molar-refractivity contribution in [1.82, 2.24) is 10.4 Å². The van der Waals surface area contributed by atoms with Gasteiger partial charge in [-0.2, -0.15) is 5.01 Å². The molecule has 0 aliphatic carbocycles. The summed E-state index contributed by atoms with van der Waals surface area (Å²) in [6, 6.07) is 13.7. The lowest BCUT2D eigenvalue weighted by Crippen LogP contribution is -2.46. The molecular formula is C16H11BrN2O3. The highest BCUT2D eigenvalue weighted by atomic mass is 79.9.